The van der Waals surface area contributed by atoms with Crippen LogP contribution < -0.4 is 0 Å². The quantitative estimate of drug-likeness (QED) is 0.677. The number of imidazole rings is 1. The number of phenolic OH excluding ortho intramolecular Hbond substituents is 1. The van der Waals surface area contributed by atoms with Gasteiger partial charge < -0.3 is 9.51 Å². The minimum Gasteiger partial charge on any atom is -0.508 e. The molecule has 4 heteroatoms. The van der Waals surface area contributed by atoms with Crippen molar-refractivity contribution in [1.29, 1.82) is 0 Å². The number of pyridine rings is 1. The lowest BCUT2D eigenvalue weighted by Crippen LogP contribution is -1.83. The van der Waals surface area contributed by atoms with Crippen molar-refractivity contribution in [2.45, 2.75) is 0 Å². The lowest BCUT2D eigenvalue weighted by molar-refractivity contribution is 0.476. The molecule has 0 unspecified atom stereocenters. The number of fused-ring (bicyclic) bond motifs is 3. The first-order valence-corrected chi connectivity index (χ1v) is 5.29. The zero-order valence-corrected chi connectivity index (χ0v) is 9.27. The molecular formula is C11H7BrN2O. The van der Waals surface area contributed by atoms with Crippen molar-refractivity contribution in [3.8, 4) is 5.75 Å². The maximum absolute atomic E-state index is 9.37. The first-order chi connectivity index (χ1) is 7.24. The van der Waals surface area contributed by atoms with Crippen LogP contribution in [0.4, 0.5) is 0 Å². The van der Waals surface area contributed by atoms with Gasteiger partial charge in [-0.3, -0.25) is 0 Å². The van der Waals surface area contributed by atoms with E-state index in [1.807, 2.05) is 28.9 Å². The Morgan fingerprint density at radius 2 is 2.13 bits per heavy atom. The fraction of sp³-hybridized carbons (Fsp3) is 0. The first kappa shape index (κ1) is 8.73. The highest BCUT2D eigenvalue weighted by atomic mass is 79.9. The van der Waals surface area contributed by atoms with Gasteiger partial charge in [-0.2, -0.15) is 0 Å². The summed E-state index contributed by atoms with van der Waals surface area (Å²) in [6, 6.07) is 7.23. The maximum atomic E-state index is 9.37. The Bertz CT molecular complexity index is 660. The summed E-state index contributed by atoms with van der Waals surface area (Å²) in [5.41, 5.74) is 0.888. The Morgan fingerprint density at radius 1 is 1.27 bits per heavy atom. The maximum Gasteiger partial charge on any atom is 0.145 e. The molecule has 3 nitrogen and oxygen atoms in total. The van der Waals surface area contributed by atoms with Crippen LogP contribution >= 0.6 is 15.9 Å². The molecule has 0 bridgehead atoms. The van der Waals surface area contributed by atoms with Crippen molar-refractivity contribution in [2.24, 2.45) is 0 Å². The molecule has 15 heavy (non-hydrogen) atoms. The van der Waals surface area contributed by atoms with E-state index in [0.717, 1.165) is 21.0 Å². The third-order valence-corrected chi connectivity index (χ3v) is 2.78. The number of hydrogen-bond donors (Lipinski definition) is 1. The fourth-order valence-corrected chi connectivity index (χ4v) is 2.12. The number of aromatic hydroxyl groups is 1. The van der Waals surface area contributed by atoms with Gasteiger partial charge >= 0.3 is 0 Å². The van der Waals surface area contributed by atoms with Gasteiger partial charge in [-0.25, -0.2) is 4.98 Å². The molecule has 0 radical (unpaired) electrons. The monoisotopic (exact) mass is 262 g/mol. The average Bonchev–Trinajstić information content (AvgIpc) is 2.58. The highest BCUT2D eigenvalue weighted by molar-refractivity contribution is 9.10. The second-order valence-corrected chi connectivity index (χ2v) is 4.19. The summed E-state index contributed by atoms with van der Waals surface area (Å²) in [4.78, 5) is 4.37. The van der Waals surface area contributed by atoms with Crippen molar-refractivity contribution in [3.63, 3.8) is 0 Å². The van der Waals surface area contributed by atoms with Crippen LogP contribution in [-0.4, -0.2) is 14.5 Å². The van der Waals surface area contributed by atoms with Crippen molar-refractivity contribution in [2.75, 3.05) is 0 Å². The highest BCUT2D eigenvalue weighted by Crippen LogP contribution is 2.24. The Morgan fingerprint density at radius 3 is 3.00 bits per heavy atom. The molecule has 0 aliphatic carbocycles. The Hall–Kier alpha value is -1.55. The van der Waals surface area contributed by atoms with E-state index < -0.39 is 0 Å². The van der Waals surface area contributed by atoms with E-state index in [9.17, 15) is 5.11 Å². The summed E-state index contributed by atoms with van der Waals surface area (Å²) < 4.78 is 2.76. The molecular weight excluding hydrogens is 256 g/mol. The molecule has 0 fully saturated rings. The van der Waals surface area contributed by atoms with Gasteiger partial charge in [0.15, 0.2) is 0 Å². The van der Waals surface area contributed by atoms with Gasteiger partial charge in [0, 0.05) is 17.8 Å². The van der Waals surface area contributed by atoms with Crippen molar-refractivity contribution in [3.05, 3.63) is 41.3 Å². The largest absolute Gasteiger partial charge is 0.508 e. The zero-order valence-electron chi connectivity index (χ0n) is 7.68. The van der Waals surface area contributed by atoms with Crippen molar-refractivity contribution in [1.82, 2.24) is 9.38 Å². The van der Waals surface area contributed by atoms with E-state index in [1.165, 1.54) is 0 Å². The molecule has 0 saturated heterocycles. The smallest absolute Gasteiger partial charge is 0.145 e. The minimum atomic E-state index is 0.275. The van der Waals surface area contributed by atoms with Gasteiger partial charge in [-0.05, 0) is 45.6 Å². The Kier molecular flexibility index (Phi) is 1.73. The van der Waals surface area contributed by atoms with E-state index in [-0.39, 0.29) is 5.75 Å². The highest BCUT2D eigenvalue weighted by Gasteiger charge is 2.04. The summed E-state index contributed by atoms with van der Waals surface area (Å²) in [5, 5.41) is 11.4. The second kappa shape index (κ2) is 2.97. The van der Waals surface area contributed by atoms with Crippen LogP contribution in [0.25, 0.3) is 16.4 Å². The van der Waals surface area contributed by atoms with E-state index >= 15 is 0 Å². The average molecular weight is 263 g/mol. The summed E-state index contributed by atoms with van der Waals surface area (Å²) in [5.74, 6) is 0.275. The van der Waals surface area contributed by atoms with Gasteiger partial charge in [0.2, 0.25) is 0 Å². The number of phenols is 1. The molecule has 0 spiro atoms. The van der Waals surface area contributed by atoms with E-state index in [4.69, 9.17) is 0 Å². The first-order valence-electron chi connectivity index (χ1n) is 4.50. The van der Waals surface area contributed by atoms with Crippen molar-refractivity contribution < 1.29 is 5.11 Å². The van der Waals surface area contributed by atoms with Gasteiger partial charge in [0.25, 0.3) is 0 Å². The van der Waals surface area contributed by atoms with Crippen LogP contribution in [0.15, 0.2) is 41.3 Å². The molecule has 1 aromatic carbocycles. The molecule has 0 aliphatic rings. The SMILES string of the molecule is Oc1ccc2c(ccn3cc(Br)nc23)c1. The van der Waals surface area contributed by atoms with Gasteiger partial charge in [-0.15, -0.1) is 0 Å². The summed E-state index contributed by atoms with van der Waals surface area (Å²) >= 11 is 3.34. The number of hydrogen-bond acceptors (Lipinski definition) is 2. The molecule has 0 saturated carbocycles. The van der Waals surface area contributed by atoms with Crippen molar-refractivity contribution >= 4 is 32.3 Å². The summed E-state index contributed by atoms with van der Waals surface area (Å²) in [6.07, 6.45) is 3.83. The number of rotatable bonds is 0. The molecule has 2 aromatic heterocycles. The summed E-state index contributed by atoms with van der Waals surface area (Å²) in [6.45, 7) is 0. The summed E-state index contributed by atoms with van der Waals surface area (Å²) in [7, 11) is 0. The third kappa shape index (κ3) is 1.29. The topological polar surface area (TPSA) is 37.5 Å². The van der Waals surface area contributed by atoms with Gasteiger partial charge in [0.05, 0.1) is 0 Å². The third-order valence-electron chi connectivity index (χ3n) is 2.39. The van der Waals surface area contributed by atoms with Crippen LogP contribution in [0, 0.1) is 0 Å². The number of nitrogens with zero attached hydrogens (tertiary/aromatic N) is 2. The Balaban J connectivity index is 2.53. The molecule has 0 amide bonds. The zero-order chi connectivity index (χ0) is 10.4. The lowest BCUT2D eigenvalue weighted by Gasteiger charge is -2.00. The predicted octanol–water partition coefficient (Wildman–Crippen LogP) is 2.96. The van der Waals surface area contributed by atoms with Crippen LogP contribution in [0.5, 0.6) is 5.75 Å². The molecule has 1 N–H and O–H groups in total. The molecule has 74 valence electrons. The second-order valence-electron chi connectivity index (χ2n) is 3.38. The fourth-order valence-electron chi connectivity index (χ4n) is 1.73. The van der Waals surface area contributed by atoms with E-state index in [2.05, 4.69) is 20.9 Å². The normalized spacial score (nSPS) is 11.3. The molecule has 0 atom stereocenters. The van der Waals surface area contributed by atoms with Crippen LogP contribution in [0.2, 0.25) is 0 Å². The van der Waals surface area contributed by atoms with E-state index in [0.29, 0.717) is 0 Å². The van der Waals surface area contributed by atoms with E-state index in [1.54, 1.807) is 12.1 Å². The number of halogens is 1. The number of aromatic nitrogens is 2. The minimum absolute atomic E-state index is 0.275. The number of benzene rings is 1. The molecule has 3 aromatic rings. The van der Waals surface area contributed by atoms with Crippen LogP contribution in [-0.2, 0) is 0 Å². The Labute approximate surface area is 94.1 Å². The van der Waals surface area contributed by atoms with Gasteiger partial charge in [-0.1, -0.05) is 0 Å². The predicted molar refractivity (Wildman–Crippen MR) is 62.1 cm³/mol. The lowest BCUT2D eigenvalue weighted by atomic mass is 10.1. The van der Waals surface area contributed by atoms with Crippen LogP contribution in [0.1, 0.15) is 0 Å². The standard InChI is InChI=1S/C11H7BrN2O/c12-10-6-14-4-3-7-5-8(15)1-2-9(7)11(14)13-10/h1-6,15H. The molecule has 3 rings (SSSR count). The van der Waals surface area contributed by atoms with Crippen LogP contribution in [0.3, 0.4) is 0 Å². The molecule has 2 heterocycles. The molecule has 0 aliphatic heterocycles. The van der Waals surface area contributed by atoms with Gasteiger partial charge in [0.1, 0.15) is 16.0 Å².